The number of hydrogen-bond donors (Lipinski definition) is 0. The maximum absolute atomic E-state index is 13.0. The summed E-state index contributed by atoms with van der Waals surface area (Å²) < 4.78 is 6.24. The molecule has 0 N–H and O–H groups in total. The molecular formula is C24H20ClN3O2. The van der Waals surface area contributed by atoms with E-state index in [0.29, 0.717) is 17.1 Å². The molecule has 3 aromatic rings. The SMILES string of the molecule is [C-]#[N+]c1ccc2c(-c3cc(Cl)cc4c3OC(C(=O)N3CCCCC3)C4)ccnc2c1. The molecule has 1 atom stereocenters. The third-order valence-electron chi connectivity index (χ3n) is 5.88. The maximum atomic E-state index is 13.0. The van der Waals surface area contributed by atoms with E-state index >= 15 is 0 Å². The van der Waals surface area contributed by atoms with Crippen LogP contribution in [0.25, 0.3) is 26.9 Å². The summed E-state index contributed by atoms with van der Waals surface area (Å²) in [6.45, 7) is 8.85. The lowest BCUT2D eigenvalue weighted by Crippen LogP contribution is -2.43. The average Bonchev–Trinajstić information content (AvgIpc) is 3.21. The zero-order valence-electron chi connectivity index (χ0n) is 16.4. The molecule has 2 aliphatic heterocycles. The highest BCUT2D eigenvalue weighted by molar-refractivity contribution is 6.31. The molecule has 1 fully saturated rings. The molecule has 0 spiro atoms. The predicted molar refractivity (Wildman–Crippen MR) is 117 cm³/mol. The van der Waals surface area contributed by atoms with E-state index in [9.17, 15) is 4.79 Å². The fourth-order valence-corrected chi connectivity index (χ4v) is 4.66. The molecule has 150 valence electrons. The smallest absolute Gasteiger partial charge is 0.263 e. The van der Waals surface area contributed by atoms with Crippen molar-refractivity contribution in [2.45, 2.75) is 31.8 Å². The van der Waals surface area contributed by atoms with Crippen LogP contribution in [0.3, 0.4) is 0 Å². The van der Waals surface area contributed by atoms with E-state index in [1.165, 1.54) is 6.42 Å². The summed E-state index contributed by atoms with van der Waals surface area (Å²) in [6.07, 6.45) is 5.04. The Morgan fingerprint density at radius 1 is 1.13 bits per heavy atom. The predicted octanol–water partition coefficient (Wildman–Crippen LogP) is 5.42. The van der Waals surface area contributed by atoms with Gasteiger partial charge in [0, 0.05) is 47.2 Å². The van der Waals surface area contributed by atoms with Crippen molar-refractivity contribution in [2.75, 3.05) is 13.1 Å². The second-order valence-electron chi connectivity index (χ2n) is 7.81. The van der Waals surface area contributed by atoms with E-state index < -0.39 is 6.10 Å². The molecule has 0 saturated carbocycles. The number of nitrogens with zero attached hydrogens (tertiary/aromatic N) is 3. The quantitative estimate of drug-likeness (QED) is 0.523. The van der Waals surface area contributed by atoms with Gasteiger partial charge in [0.2, 0.25) is 0 Å². The van der Waals surface area contributed by atoms with Crippen LogP contribution >= 0.6 is 11.6 Å². The van der Waals surface area contributed by atoms with Crippen molar-refractivity contribution in [3.8, 4) is 16.9 Å². The van der Waals surface area contributed by atoms with Gasteiger partial charge in [-0.15, -0.1) is 0 Å². The lowest BCUT2D eigenvalue weighted by molar-refractivity contribution is -0.138. The van der Waals surface area contributed by atoms with Crippen LogP contribution in [0.2, 0.25) is 5.02 Å². The third kappa shape index (κ3) is 3.28. The fraction of sp³-hybridized carbons (Fsp3) is 0.292. The Labute approximate surface area is 180 Å². The minimum Gasteiger partial charge on any atom is -0.479 e. The van der Waals surface area contributed by atoms with Crippen LogP contribution in [0.5, 0.6) is 5.75 Å². The number of carbonyl (C=O) groups excluding carboxylic acids is 1. The van der Waals surface area contributed by atoms with Crippen LogP contribution in [0.1, 0.15) is 24.8 Å². The lowest BCUT2D eigenvalue weighted by Gasteiger charge is -2.28. The summed E-state index contributed by atoms with van der Waals surface area (Å²) in [5, 5.41) is 1.53. The Morgan fingerprint density at radius 2 is 1.97 bits per heavy atom. The molecule has 1 amide bonds. The first-order valence-corrected chi connectivity index (χ1v) is 10.6. The Kier molecular flexibility index (Phi) is 4.80. The average molecular weight is 418 g/mol. The van der Waals surface area contributed by atoms with Crippen LogP contribution in [-0.2, 0) is 11.2 Å². The maximum Gasteiger partial charge on any atom is 0.263 e. The Morgan fingerprint density at radius 3 is 2.77 bits per heavy atom. The highest BCUT2D eigenvalue weighted by atomic mass is 35.5. The van der Waals surface area contributed by atoms with Crippen molar-refractivity contribution in [3.05, 3.63) is 64.6 Å². The van der Waals surface area contributed by atoms with Gasteiger partial charge in [-0.2, -0.15) is 0 Å². The van der Waals surface area contributed by atoms with Crippen LogP contribution in [0.15, 0.2) is 42.6 Å². The molecular weight excluding hydrogens is 398 g/mol. The van der Waals surface area contributed by atoms with E-state index in [1.807, 2.05) is 29.2 Å². The van der Waals surface area contributed by atoms with Crippen LogP contribution in [0, 0.1) is 6.57 Å². The number of pyridine rings is 1. The van der Waals surface area contributed by atoms with Crippen LogP contribution in [-0.4, -0.2) is 35.0 Å². The fourth-order valence-electron chi connectivity index (χ4n) is 4.42. The number of amides is 1. The molecule has 3 heterocycles. The number of hydrogen-bond acceptors (Lipinski definition) is 3. The van der Waals surface area contributed by atoms with Crippen LogP contribution < -0.4 is 4.74 Å². The molecule has 0 aliphatic carbocycles. The number of rotatable bonds is 2. The van der Waals surface area contributed by atoms with E-state index in [1.54, 1.807) is 18.3 Å². The van der Waals surface area contributed by atoms with Crippen molar-refractivity contribution in [1.29, 1.82) is 0 Å². The van der Waals surface area contributed by atoms with Gasteiger partial charge in [-0.25, -0.2) is 4.85 Å². The summed E-state index contributed by atoms with van der Waals surface area (Å²) in [7, 11) is 0. The van der Waals surface area contributed by atoms with Gasteiger partial charge in [-0.1, -0.05) is 23.7 Å². The molecule has 2 aliphatic rings. The van der Waals surface area contributed by atoms with Gasteiger partial charge in [0.15, 0.2) is 11.8 Å². The van der Waals surface area contributed by atoms with Gasteiger partial charge in [0.25, 0.3) is 5.91 Å². The summed E-state index contributed by atoms with van der Waals surface area (Å²) in [5.41, 5.74) is 4.03. The zero-order valence-corrected chi connectivity index (χ0v) is 17.2. The zero-order chi connectivity index (χ0) is 20.7. The Balaban J connectivity index is 1.55. The summed E-state index contributed by atoms with van der Waals surface area (Å²) in [5.74, 6) is 0.783. The van der Waals surface area contributed by atoms with Crippen molar-refractivity contribution >= 4 is 34.1 Å². The van der Waals surface area contributed by atoms with Crippen molar-refractivity contribution in [3.63, 3.8) is 0 Å². The molecule has 5 nitrogen and oxygen atoms in total. The normalized spacial score (nSPS) is 18.0. The van der Waals surface area contributed by atoms with Gasteiger partial charge < -0.3 is 9.64 Å². The number of piperidine rings is 1. The standard InChI is InChI=1S/C24H20ClN3O2/c1-26-17-5-6-19-18(7-8-27-21(19)14-17)20-13-16(25)11-15-12-22(30-23(15)20)24(29)28-9-3-2-4-10-28/h5-8,11,13-14,22H,2-4,9-10,12H2. The molecule has 0 radical (unpaired) electrons. The van der Waals surface area contributed by atoms with E-state index in [2.05, 4.69) is 9.83 Å². The summed E-state index contributed by atoms with van der Waals surface area (Å²) in [6, 6.07) is 11.2. The number of halogens is 1. The second kappa shape index (κ2) is 7.62. The number of aromatic nitrogens is 1. The molecule has 6 heteroatoms. The number of fused-ring (bicyclic) bond motifs is 2. The number of likely N-dealkylation sites (tertiary alicyclic amines) is 1. The lowest BCUT2D eigenvalue weighted by atomic mass is 9.97. The van der Waals surface area contributed by atoms with E-state index in [-0.39, 0.29) is 5.91 Å². The topological polar surface area (TPSA) is 46.8 Å². The number of ether oxygens (including phenoxy) is 1. The summed E-state index contributed by atoms with van der Waals surface area (Å²) in [4.78, 5) is 22.8. The van der Waals surface area contributed by atoms with Gasteiger partial charge in [0.05, 0.1) is 12.1 Å². The first-order chi connectivity index (χ1) is 14.6. The summed E-state index contributed by atoms with van der Waals surface area (Å²) >= 11 is 6.45. The monoisotopic (exact) mass is 417 g/mol. The van der Waals surface area contributed by atoms with Crippen molar-refractivity contribution in [2.24, 2.45) is 0 Å². The number of benzene rings is 2. The third-order valence-corrected chi connectivity index (χ3v) is 6.10. The van der Waals surface area contributed by atoms with Crippen molar-refractivity contribution in [1.82, 2.24) is 9.88 Å². The molecule has 30 heavy (non-hydrogen) atoms. The van der Waals surface area contributed by atoms with Gasteiger partial charge in [-0.05, 0) is 49.1 Å². The number of carbonyl (C=O) groups is 1. The molecule has 1 saturated heterocycles. The van der Waals surface area contributed by atoms with E-state index in [4.69, 9.17) is 22.9 Å². The molecule has 0 bridgehead atoms. The molecule has 2 aromatic carbocycles. The first kappa shape index (κ1) is 18.9. The molecule has 5 rings (SSSR count). The second-order valence-corrected chi connectivity index (χ2v) is 8.25. The minimum atomic E-state index is -0.503. The van der Waals surface area contributed by atoms with Gasteiger partial charge in [0.1, 0.15) is 5.75 Å². The first-order valence-electron chi connectivity index (χ1n) is 10.2. The van der Waals surface area contributed by atoms with E-state index in [0.717, 1.165) is 59.3 Å². The largest absolute Gasteiger partial charge is 0.479 e. The van der Waals surface area contributed by atoms with Crippen LogP contribution in [0.4, 0.5) is 5.69 Å². The Hall–Kier alpha value is -3.10. The highest BCUT2D eigenvalue weighted by Gasteiger charge is 2.35. The highest BCUT2D eigenvalue weighted by Crippen LogP contribution is 2.43. The van der Waals surface area contributed by atoms with Crippen molar-refractivity contribution < 1.29 is 9.53 Å². The van der Waals surface area contributed by atoms with Gasteiger partial charge in [-0.3, -0.25) is 9.78 Å². The molecule has 1 aromatic heterocycles. The molecule has 1 unspecified atom stereocenters. The Bertz CT molecular complexity index is 1200. The van der Waals surface area contributed by atoms with Gasteiger partial charge >= 0.3 is 0 Å². The minimum absolute atomic E-state index is 0.0641.